The molecule has 2 aromatic rings. The van der Waals surface area contributed by atoms with Crippen LogP contribution in [0.1, 0.15) is 46.4 Å². The normalized spacial score (nSPS) is 17.2. The summed E-state index contributed by atoms with van der Waals surface area (Å²) in [5.74, 6) is 1.42. The Bertz CT molecular complexity index is 811. The molecule has 2 heterocycles. The first kappa shape index (κ1) is 18.5. The number of piperidine rings is 1. The number of hydrogen-bond donors (Lipinski definition) is 1. The number of pyridine rings is 1. The van der Waals surface area contributed by atoms with Gasteiger partial charge in [-0.15, -0.1) is 0 Å². The quantitative estimate of drug-likeness (QED) is 0.838. The molecule has 1 aromatic heterocycles. The second-order valence-corrected chi connectivity index (χ2v) is 7.53. The van der Waals surface area contributed by atoms with Gasteiger partial charge in [0.15, 0.2) is 0 Å². The van der Waals surface area contributed by atoms with Crippen LogP contribution in [0.15, 0.2) is 48.8 Å². The summed E-state index contributed by atoms with van der Waals surface area (Å²) < 4.78 is 6.05. The topological polar surface area (TPSA) is 71.5 Å². The molecule has 1 saturated carbocycles. The summed E-state index contributed by atoms with van der Waals surface area (Å²) in [4.78, 5) is 30.4. The van der Waals surface area contributed by atoms with Gasteiger partial charge in [0.05, 0.1) is 5.56 Å². The number of ether oxygens (including phenoxy) is 1. The summed E-state index contributed by atoms with van der Waals surface area (Å²) in [6.45, 7) is 2.10. The Morgan fingerprint density at radius 1 is 1.04 bits per heavy atom. The lowest BCUT2D eigenvalue weighted by Crippen LogP contribution is -2.41. The van der Waals surface area contributed by atoms with Gasteiger partial charge in [-0.25, -0.2) is 0 Å². The van der Waals surface area contributed by atoms with Gasteiger partial charge in [0.25, 0.3) is 11.8 Å². The van der Waals surface area contributed by atoms with Crippen molar-refractivity contribution in [2.75, 3.05) is 19.6 Å². The van der Waals surface area contributed by atoms with Crippen molar-refractivity contribution in [3.63, 3.8) is 0 Å². The van der Waals surface area contributed by atoms with Crippen LogP contribution >= 0.6 is 0 Å². The highest BCUT2D eigenvalue weighted by Gasteiger charge is 2.25. The van der Waals surface area contributed by atoms with E-state index in [1.807, 2.05) is 17.0 Å². The van der Waals surface area contributed by atoms with E-state index in [1.165, 1.54) is 12.8 Å². The number of nitrogens with one attached hydrogen (secondary N) is 1. The highest BCUT2D eigenvalue weighted by atomic mass is 16.5. The molecular formula is C22H25N3O3. The third-order valence-electron chi connectivity index (χ3n) is 5.31. The van der Waals surface area contributed by atoms with Crippen molar-refractivity contribution in [3.8, 4) is 5.75 Å². The van der Waals surface area contributed by atoms with Crippen molar-refractivity contribution in [3.05, 3.63) is 59.9 Å². The second-order valence-electron chi connectivity index (χ2n) is 7.53. The number of carbonyl (C=O) groups is 2. The molecule has 0 unspecified atom stereocenters. The molecular weight excluding hydrogens is 354 g/mol. The lowest BCUT2D eigenvalue weighted by molar-refractivity contribution is 0.0595. The van der Waals surface area contributed by atoms with Gasteiger partial charge in [-0.1, -0.05) is 0 Å². The Balaban J connectivity index is 1.25. The summed E-state index contributed by atoms with van der Waals surface area (Å²) in [6, 6.07) is 10.9. The maximum atomic E-state index is 12.5. The predicted octanol–water partition coefficient (Wildman–Crippen LogP) is 2.91. The van der Waals surface area contributed by atoms with E-state index in [2.05, 4.69) is 10.3 Å². The number of aromatic nitrogens is 1. The van der Waals surface area contributed by atoms with E-state index in [-0.39, 0.29) is 17.9 Å². The Labute approximate surface area is 164 Å². The predicted molar refractivity (Wildman–Crippen MR) is 105 cm³/mol. The fourth-order valence-corrected chi connectivity index (χ4v) is 3.39. The zero-order chi connectivity index (χ0) is 19.3. The highest BCUT2D eigenvalue weighted by molar-refractivity contribution is 5.94. The Hall–Kier alpha value is -2.89. The standard InChI is InChI=1S/C22H25N3O3/c26-21(24-14-16-3-4-16)17-5-7-19(8-6-17)28-20-9-12-25(13-10-20)22(27)18-2-1-11-23-15-18/h1-2,5-8,11,15-16,20H,3-4,9-10,12-14H2,(H,24,26). The van der Waals surface area contributed by atoms with Gasteiger partial charge < -0.3 is 15.0 Å². The molecule has 1 aliphatic heterocycles. The second kappa shape index (κ2) is 8.42. The SMILES string of the molecule is O=C(NCC1CC1)c1ccc(OC2CCN(C(=O)c3cccnc3)CC2)cc1. The molecule has 28 heavy (non-hydrogen) atoms. The van der Waals surface area contributed by atoms with Crippen molar-refractivity contribution < 1.29 is 14.3 Å². The minimum absolute atomic E-state index is 0.0214. The van der Waals surface area contributed by atoms with Crippen LogP contribution in [0.4, 0.5) is 0 Å². The summed E-state index contributed by atoms with van der Waals surface area (Å²) in [6.07, 6.45) is 7.36. The average Bonchev–Trinajstić information content (AvgIpc) is 3.58. The van der Waals surface area contributed by atoms with E-state index < -0.39 is 0 Å². The summed E-state index contributed by atoms with van der Waals surface area (Å²) in [5.41, 5.74) is 1.28. The maximum Gasteiger partial charge on any atom is 0.255 e. The molecule has 0 radical (unpaired) electrons. The molecule has 1 aliphatic carbocycles. The van der Waals surface area contributed by atoms with Crippen LogP contribution in [0, 0.1) is 5.92 Å². The molecule has 0 atom stereocenters. The molecule has 0 bridgehead atoms. The van der Waals surface area contributed by atoms with Gasteiger partial charge in [-0.05, 0) is 55.2 Å². The van der Waals surface area contributed by atoms with Gasteiger partial charge in [0.2, 0.25) is 0 Å². The van der Waals surface area contributed by atoms with Crippen molar-refractivity contribution >= 4 is 11.8 Å². The highest BCUT2D eigenvalue weighted by Crippen LogP contribution is 2.27. The minimum Gasteiger partial charge on any atom is -0.490 e. The third kappa shape index (κ3) is 4.68. The molecule has 4 rings (SSSR count). The van der Waals surface area contributed by atoms with Crippen LogP contribution in [0.2, 0.25) is 0 Å². The Morgan fingerprint density at radius 2 is 1.79 bits per heavy atom. The van der Waals surface area contributed by atoms with E-state index in [4.69, 9.17) is 4.74 Å². The Morgan fingerprint density at radius 3 is 2.43 bits per heavy atom. The van der Waals surface area contributed by atoms with Crippen LogP contribution in [0.5, 0.6) is 5.75 Å². The van der Waals surface area contributed by atoms with Gasteiger partial charge in [0.1, 0.15) is 11.9 Å². The molecule has 6 nitrogen and oxygen atoms in total. The third-order valence-corrected chi connectivity index (χ3v) is 5.31. The van der Waals surface area contributed by atoms with Gasteiger partial charge in [-0.3, -0.25) is 14.6 Å². The summed E-state index contributed by atoms with van der Waals surface area (Å²) in [5, 5.41) is 2.97. The number of amides is 2. The van der Waals surface area contributed by atoms with E-state index in [1.54, 1.807) is 36.7 Å². The fraction of sp³-hybridized carbons (Fsp3) is 0.409. The number of likely N-dealkylation sites (tertiary alicyclic amines) is 1. The molecule has 2 amide bonds. The van der Waals surface area contributed by atoms with E-state index in [0.717, 1.165) is 25.1 Å². The van der Waals surface area contributed by atoms with Crippen LogP contribution in [-0.2, 0) is 0 Å². The first-order valence-corrected chi connectivity index (χ1v) is 9.93. The van der Waals surface area contributed by atoms with E-state index >= 15 is 0 Å². The lowest BCUT2D eigenvalue weighted by atomic mass is 10.1. The molecule has 2 fully saturated rings. The number of nitrogens with zero attached hydrogens (tertiary/aromatic N) is 2. The van der Waals surface area contributed by atoms with E-state index in [0.29, 0.717) is 30.1 Å². The minimum atomic E-state index is -0.0272. The number of benzene rings is 1. The van der Waals surface area contributed by atoms with Gasteiger partial charge in [-0.2, -0.15) is 0 Å². The maximum absolute atomic E-state index is 12.5. The van der Waals surface area contributed by atoms with Crippen LogP contribution < -0.4 is 10.1 Å². The van der Waals surface area contributed by atoms with Crippen molar-refractivity contribution in [2.24, 2.45) is 5.92 Å². The zero-order valence-corrected chi connectivity index (χ0v) is 15.8. The molecule has 1 saturated heterocycles. The molecule has 2 aliphatic rings. The van der Waals surface area contributed by atoms with E-state index in [9.17, 15) is 9.59 Å². The number of carbonyl (C=O) groups excluding carboxylic acids is 2. The molecule has 146 valence electrons. The first-order chi connectivity index (χ1) is 13.7. The first-order valence-electron chi connectivity index (χ1n) is 9.93. The summed E-state index contributed by atoms with van der Waals surface area (Å²) in [7, 11) is 0. The van der Waals surface area contributed by atoms with Crippen molar-refractivity contribution in [2.45, 2.75) is 31.8 Å². The fourth-order valence-electron chi connectivity index (χ4n) is 3.39. The van der Waals surface area contributed by atoms with Crippen LogP contribution in [0.3, 0.4) is 0 Å². The van der Waals surface area contributed by atoms with Crippen LogP contribution in [0.25, 0.3) is 0 Å². The van der Waals surface area contributed by atoms with Crippen molar-refractivity contribution in [1.29, 1.82) is 0 Å². The van der Waals surface area contributed by atoms with Gasteiger partial charge in [0, 0.05) is 50.4 Å². The number of rotatable bonds is 6. The van der Waals surface area contributed by atoms with Crippen molar-refractivity contribution in [1.82, 2.24) is 15.2 Å². The number of hydrogen-bond acceptors (Lipinski definition) is 4. The monoisotopic (exact) mass is 379 g/mol. The lowest BCUT2D eigenvalue weighted by Gasteiger charge is -2.32. The molecule has 1 aromatic carbocycles. The average molecular weight is 379 g/mol. The Kier molecular flexibility index (Phi) is 5.55. The molecule has 6 heteroatoms. The van der Waals surface area contributed by atoms with Crippen LogP contribution in [-0.4, -0.2) is 47.4 Å². The largest absolute Gasteiger partial charge is 0.490 e. The van der Waals surface area contributed by atoms with Gasteiger partial charge >= 0.3 is 0 Å². The molecule has 0 spiro atoms. The summed E-state index contributed by atoms with van der Waals surface area (Å²) >= 11 is 0. The zero-order valence-electron chi connectivity index (χ0n) is 15.8. The smallest absolute Gasteiger partial charge is 0.255 e. The molecule has 1 N–H and O–H groups in total.